The molecule has 0 aliphatic carbocycles. The van der Waals surface area contributed by atoms with Gasteiger partial charge in [-0.3, -0.25) is 0 Å². The molecule has 2 aromatic carbocycles. The third kappa shape index (κ3) is 4.20. The average Bonchev–Trinajstić information content (AvgIpc) is 3.04. The number of phenolic OH excluding ortho intramolecular Hbond substituents is 1. The Bertz CT molecular complexity index is 892. The van der Waals surface area contributed by atoms with Crippen molar-refractivity contribution in [2.75, 3.05) is 6.54 Å². The number of phenols is 1. The minimum atomic E-state index is -0.849. The minimum absolute atomic E-state index is 0.220. The molecule has 0 radical (unpaired) electrons. The Labute approximate surface area is 152 Å². The first-order valence-corrected chi connectivity index (χ1v) is 8.67. The van der Waals surface area contributed by atoms with Crippen LogP contribution in [-0.2, 0) is 6.54 Å². The Morgan fingerprint density at radius 1 is 1.23 bits per heavy atom. The van der Waals surface area contributed by atoms with Crippen LogP contribution in [0.1, 0.15) is 31.9 Å². The van der Waals surface area contributed by atoms with Gasteiger partial charge in [0.1, 0.15) is 0 Å². The fourth-order valence-corrected chi connectivity index (χ4v) is 2.90. The fraction of sp³-hybridized carbons (Fsp3) is 0.350. The SMILES string of the molecule is CC(C)(CCn1cnc2ccccc21)NCC(O)c1ccc(O)c(F)c1. The second-order valence-electron chi connectivity index (χ2n) is 7.17. The maximum absolute atomic E-state index is 13.4. The zero-order valence-corrected chi connectivity index (χ0v) is 15.0. The standard InChI is InChI=1S/C20H24FN3O2/c1-20(2,9-10-24-13-22-16-5-3-4-6-17(16)24)23-12-19(26)14-7-8-18(25)15(21)11-14/h3-8,11,13,19,23,25-26H,9-10,12H2,1-2H3. The molecule has 3 rings (SSSR count). The van der Waals surface area contributed by atoms with E-state index in [9.17, 15) is 14.6 Å². The van der Waals surface area contributed by atoms with Crippen molar-refractivity contribution in [3.63, 3.8) is 0 Å². The van der Waals surface area contributed by atoms with Crippen molar-refractivity contribution in [1.82, 2.24) is 14.9 Å². The first kappa shape index (κ1) is 18.4. The van der Waals surface area contributed by atoms with Gasteiger partial charge in [-0.25, -0.2) is 9.37 Å². The molecule has 0 bridgehead atoms. The summed E-state index contributed by atoms with van der Waals surface area (Å²) in [6.45, 7) is 5.22. The third-order valence-electron chi connectivity index (χ3n) is 4.64. The van der Waals surface area contributed by atoms with Crippen LogP contribution in [0.2, 0.25) is 0 Å². The van der Waals surface area contributed by atoms with Gasteiger partial charge >= 0.3 is 0 Å². The second kappa shape index (κ2) is 7.43. The van der Waals surface area contributed by atoms with Crippen molar-refractivity contribution in [3.05, 3.63) is 60.2 Å². The molecule has 0 saturated carbocycles. The Morgan fingerprint density at radius 3 is 2.77 bits per heavy atom. The van der Waals surface area contributed by atoms with Crippen LogP contribution in [0.4, 0.5) is 4.39 Å². The first-order chi connectivity index (χ1) is 12.4. The van der Waals surface area contributed by atoms with Crippen molar-refractivity contribution >= 4 is 11.0 Å². The van der Waals surface area contributed by atoms with Crippen molar-refractivity contribution in [2.24, 2.45) is 0 Å². The maximum atomic E-state index is 13.4. The molecule has 5 nitrogen and oxygen atoms in total. The van der Waals surface area contributed by atoms with Crippen LogP contribution < -0.4 is 5.32 Å². The smallest absolute Gasteiger partial charge is 0.165 e. The molecule has 26 heavy (non-hydrogen) atoms. The van der Waals surface area contributed by atoms with E-state index in [1.165, 1.54) is 12.1 Å². The summed E-state index contributed by atoms with van der Waals surface area (Å²) in [5.74, 6) is -1.14. The summed E-state index contributed by atoms with van der Waals surface area (Å²) in [7, 11) is 0. The number of aliphatic hydroxyl groups is 1. The molecule has 6 heteroatoms. The van der Waals surface area contributed by atoms with Crippen molar-refractivity contribution in [2.45, 2.75) is 38.5 Å². The van der Waals surface area contributed by atoms with Crippen LogP contribution in [0.25, 0.3) is 11.0 Å². The van der Waals surface area contributed by atoms with Gasteiger partial charge in [0.15, 0.2) is 11.6 Å². The van der Waals surface area contributed by atoms with E-state index < -0.39 is 17.7 Å². The highest BCUT2D eigenvalue weighted by Crippen LogP contribution is 2.22. The van der Waals surface area contributed by atoms with Crippen LogP contribution >= 0.6 is 0 Å². The van der Waals surface area contributed by atoms with Crippen molar-refractivity contribution in [1.29, 1.82) is 0 Å². The summed E-state index contributed by atoms with van der Waals surface area (Å²) in [5.41, 5.74) is 2.29. The molecule has 0 saturated heterocycles. The van der Waals surface area contributed by atoms with Gasteiger partial charge in [-0.1, -0.05) is 18.2 Å². The lowest BCUT2D eigenvalue weighted by Gasteiger charge is -2.28. The number of aromatic hydroxyl groups is 1. The van der Waals surface area contributed by atoms with E-state index in [4.69, 9.17) is 0 Å². The molecule has 3 aromatic rings. The number of imidazole rings is 1. The predicted octanol–water partition coefficient (Wildman–Crippen LogP) is 3.37. The number of aryl methyl sites for hydroxylation is 1. The Kier molecular flexibility index (Phi) is 5.25. The summed E-state index contributed by atoms with van der Waals surface area (Å²) >= 11 is 0. The summed E-state index contributed by atoms with van der Waals surface area (Å²) in [5, 5.41) is 22.8. The number of benzene rings is 2. The highest BCUT2D eigenvalue weighted by molar-refractivity contribution is 5.74. The Balaban J connectivity index is 1.57. The highest BCUT2D eigenvalue weighted by Gasteiger charge is 2.20. The Hall–Kier alpha value is -2.44. The zero-order chi connectivity index (χ0) is 18.7. The molecule has 0 aliphatic heterocycles. The third-order valence-corrected chi connectivity index (χ3v) is 4.64. The summed E-state index contributed by atoms with van der Waals surface area (Å²) < 4.78 is 15.5. The number of rotatable bonds is 7. The molecule has 1 atom stereocenters. The molecule has 3 N–H and O–H groups in total. The molecule has 0 spiro atoms. The molecule has 0 amide bonds. The second-order valence-corrected chi connectivity index (χ2v) is 7.17. The van der Waals surface area contributed by atoms with E-state index in [1.807, 2.05) is 30.6 Å². The number of nitrogens with zero attached hydrogens (tertiary/aromatic N) is 2. The van der Waals surface area contributed by atoms with Gasteiger partial charge in [-0.15, -0.1) is 0 Å². The van der Waals surface area contributed by atoms with Gasteiger partial charge in [0.2, 0.25) is 0 Å². The molecule has 1 heterocycles. The number of aliphatic hydroxyl groups excluding tert-OH is 1. The predicted molar refractivity (Wildman–Crippen MR) is 99.5 cm³/mol. The minimum Gasteiger partial charge on any atom is -0.505 e. The first-order valence-electron chi connectivity index (χ1n) is 8.67. The normalized spacial score (nSPS) is 13.2. The van der Waals surface area contributed by atoms with E-state index in [1.54, 1.807) is 0 Å². The van der Waals surface area contributed by atoms with Crippen molar-refractivity contribution in [3.8, 4) is 5.75 Å². The van der Waals surface area contributed by atoms with E-state index in [0.29, 0.717) is 12.1 Å². The number of nitrogens with one attached hydrogen (secondary N) is 1. The van der Waals surface area contributed by atoms with E-state index in [2.05, 4.69) is 28.7 Å². The van der Waals surface area contributed by atoms with E-state index in [-0.39, 0.29) is 5.54 Å². The summed E-state index contributed by atoms with van der Waals surface area (Å²) in [6.07, 6.45) is 1.83. The molecule has 1 unspecified atom stereocenters. The molecule has 0 fully saturated rings. The topological polar surface area (TPSA) is 70.3 Å². The lowest BCUT2D eigenvalue weighted by molar-refractivity contribution is 0.157. The number of hydrogen-bond acceptors (Lipinski definition) is 4. The number of para-hydroxylation sites is 2. The lowest BCUT2D eigenvalue weighted by atomic mass is 9.99. The fourth-order valence-electron chi connectivity index (χ4n) is 2.90. The summed E-state index contributed by atoms with van der Waals surface area (Å²) in [4.78, 5) is 4.40. The quantitative estimate of drug-likeness (QED) is 0.606. The largest absolute Gasteiger partial charge is 0.505 e. The zero-order valence-electron chi connectivity index (χ0n) is 15.0. The molecular weight excluding hydrogens is 333 g/mol. The molecular formula is C20H24FN3O2. The van der Waals surface area contributed by atoms with Crippen LogP contribution in [0.15, 0.2) is 48.8 Å². The van der Waals surface area contributed by atoms with Crippen LogP contribution in [0.5, 0.6) is 5.75 Å². The van der Waals surface area contributed by atoms with Gasteiger partial charge in [0.05, 0.1) is 23.5 Å². The van der Waals surface area contributed by atoms with Crippen molar-refractivity contribution < 1.29 is 14.6 Å². The maximum Gasteiger partial charge on any atom is 0.165 e. The highest BCUT2D eigenvalue weighted by atomic mass is 19.1. The number of aromatic nitrogens is 2. The number of β-amino-alcohol motifs (C(OH)–C–C–N with tert-alkyl or cyclic N) is 1. The van der Waals surface area contributed by atoms with Gasteiger partial charge in [0, 0.05) is 18.6 Å². The monoisotopic (exact) mass is 357 g/mol. The van der Waals surface area contributed by atoms with Gasteiger partial charge in [-0.05, 0) is 50.1 Å². The average molecular weight is 357 g/mol. The van der Waals surface area contributed by atoms with E-state index in [0.717, 1.165) is 30.1 Å². The molecule has 1 aromatic heterocycles. The molecule has 138 valence electrons. The van der Waals surface area contributed by atoms with Gasteiger partial charge in [0.25, 0.3) is 0 Å². The summed E-state index contributed by atoms with van der Waals surface area (Å²) in [6, 6.07) is 11.9. The van der Waals surface area contributed by atoms with Gasteiger partial charge < -0.3 is 20.1 Å². The number of halogens is 1. The van der Waals surface area contributed by atoms with Gasteiger partial charge in [-0.2, -0.15) is 0 Å². The van der Waals surface area contributed by atoms with Crippen LogP contribution in [0, 0.1) is 5.82 Å². The Morgan fingerprint density at radius 2 is 2.00 bits per heavy atom. The van der Waals surface area contributed by atoms with Crippen LogP contribution in [-0.4, -0.2) is 31.8 Å². The number of hydrogen-bond donors (Lipinski definition) is 3. The lowest BCUT2D eigenvalue weighted by Crippen LogP contribution is -2.42. The number of fused-ring (bicyclic) bond motifs is 1. The van der Waals surface area contributed by atoms with Crippen LogP contribution in [0.3, 0.4) is 0 Å². The van der Waals surface area contributed by atoms with E-state index >= 15 is 0 Å². The molecule has 0 aliphatic rings.